The fraction of sp³-hybridized carbons (Fsp3) is 0.375. The van der Waals surface area contributed by atoms with Gasteiger partial charge >= 0.3 is 0 Å². The molecule has 5 fully saturated rings. The Morgan fingerprint density at radius 3 is 0.860 bits per heavy atom. The van der Waals surface area contributed by atoms with Crippen molar-refractivity contribution in [3.63, 3.8) is 0 Å². The van der Waals surface area contributed by atoms with Gasteiger partial charge in [-0.3, -0.25) is 84.9 Å². The predicted molar refractivity (Wildman–Crippen MR) is 547 cm³/mol. The van der Waals surface area contributed by atoms with E-state index in [2.05, 4.69) is 129 Å². The quantitative estimate of drug-likeness (QED) is 0.0505. The number of aromatic nitrogens is 18. The van der Waals surface area contributed by atoms with Crippen LogP contribution in [0.1, 0.15) is 222 Å². The van der Waals surface area contributed by atoms with Crippen LogP contribution in [-0.4, -0.2) is 160 Å². The summed E-state index contributed by atoms with van der Waals surface area (Å²) < 4.78 is 63.2. The number of halogens is 7. The number of likely N-dealkylation sites (N-methyl/N-ethyl adjacent to an activating group) is 1. The maximum atomic E-state index is 13.6. The second kappa shape index (κ2) is 40.3. The average Bonchev–Trinajstić information content (AvgIpc) is 1.77. The zero-order valence-electron chi connectivity index (χ0n) is 81.5. The number of pyridine rings is 6. The molecular weight excluding hydrogens is 2020 g/mol. The molecule has 782 valence electrons. The molecule has 0 bridgehead atoms. The second-order valence-corrected chi connectivity index (χ2v) is 40.0. The molecule has 12 aromatic heterocycles. The molecule has 19 heterocycles. The Bertz CT molecular complexity index is 7860. The number of carbonyl (C=O) groups is 6. The van der Waals surface area contributed by atoms with Crippen LogP contribution in [0.15, 0.2) is 152 Å². The van der Waals surface area contributed by atoms with Gasteiger partial charge in [0.05, 0.1) is 15.1 Å². The van der Waals surface area contributed by atoms with E-state index in [1.54, 1.807) is 83.1 Å². The maximum Gasteiger partial charge on any atom is 0.276 e. The Kier molecular flexibility index (Phi) is 27.8. The molecule has 4 saturated carbocycles. The average molecular weight is 2120 g/mol. The molecule has 150 heavy (non-hydrogen) atoms. The van der Waals surface area contributed by atoms with Gasteiger partial charge in [-0.05, 0) is 203 Å². The zero-order valence-corrected chi connectivity index (χ0v) is 83.7. The van der Waals surface area contributed by atoms with Crippen molar-refractivity contribution >= 4 is 163 Å². The van der Waals surface area contributed by atoms with Crippen molar-refractivity contribution in [3.05, 3.63) is 251 Å². The molecule has 0 aromatic carbocycles. The summed E-state index contributed by atoms with van der Waals surface area (Å²) in [6, 6.07) is 18.4. The number of likely N-dealkylation sites (tertiary alicyclic amines) is 1. The SMILES string of the molecule is Cc1cc(Nc2cc(N)ncn2)c(=O)n2c1C(=O)NC2(C)C.Cc1cc(Nc2cc(N)ncn2)c(=O)n2c1C(=O)NC21CCCCC1.Cc1cc(Nc2cc(N)ncn2)c(=O)n2c1C(=O)NC21CCCN(C)C1.Nc1cc(Nc2cc(Cl)c3n(c2=O)C2(CCC(F)(F)CC2)NC3=O)ncn1.O=C1NC2(CCC(F)(F)CC2)n2c1c(Cl)cc(Nc1ccncn1)c2=O.O=C1NC2(CCCCC2)n2c1c(Cl)cc(Nc1ccncn1)c2=O. The monoisotopic (exact) mass is 2120 g/mol. The van der Waals surface area contributed by atoms with Crippen molar-refractivity contribution in [2.75, 3.05) is 75.0 Å². The van der Waals surface area contributed by atoms with E-state index in [-0.39, 0.29) is 127 Å². The van der Waals surface area contributed by atoms with E-state index >= 15 is 0 Å². The van der Waals surface area contributed by atoms with Gasteiger partial charge in [-0.15, -0.1) is 0 Å². The summed E-state index contributed by atoms with van der Waals surface area (Å²) in [5.41, 5.74) is 20.5. The van der Waals surface area contributed by atoms with Crippen LogP contribution in [0, 0.1) is 20.8 Å². The summed E-state index contributed by atoms with van der Waals surface area (Å²) in [5.74, 6) is -4.08. The highest BCUT2D eigenvalue weighted by Gasteiger charge is 2.55. The number of nitrogens with zero attached hydrogens (tertiary/aromatic N) is 19. The molecule has 1 saturated heterocycles. The first-order valence-electron chi connectivity index (χ1n) is 47.8. The topological polar surface area (TPSA) is 641 Å². The van der Waals surface area contributed by atoms with Crippen LogP contribution in [0.3, 0.4) is 0 Å². The third-order valence-electron chi connectivity index (χ3n) is 27.9. The van der Waals surface area contributed by atoms with E-state index in [9.17, 15) is 75.1 Å². The standard InChI is InChI=1S/C17H21N7O2.C17H20N6O2.C16H15ClF2N6O2.C16H14ClF2N5O2.C16H16ClN5O2.C14H16N6O2/c1-10-6-11(21-13-7-12(18)19-9-20-13)16(26)24-14(10)15(25)22-17(24)4-3-5-23(2)8-17;1-10-7-11(21-13-8-12(18)19-9-20-13)16(25)23-14(10)15(24)22-17(23)5-3-2-4-6-17;17-8-5-9(23-11-6-10(20)21-7-22-11)14(27)25-12(8)13(26)24-16(25)3-1-15(18,19)2-4-16;17-9-7-10(22-11-1-6-20-8-21-11)14(26)24-12(9)13(25)23-16(24)4-2-15(18,19)3-5-16;17-10-8-11(20-12-4-7-18-9-19-12)15(24)22-13(10)14(23)21-16(22)5-2-1-3-6-16;1-7-4-8(18-10-5-9(15)16-6-17-10)13(22)20-11(7)12(21)19-14(20,2)3/h6-7,9H,3-5,8H2,1-2H3,(H,22,25)(H3,18,19,20,21);7-9H,2-6H2,1H3,(H,22,24)(H3,18,19,20,21);5-7H,1-4H2,(H,24,26)(H3,20,21,22,23);1,6-8H,2-5H2,(H,23,25)(H,20,21,22);4,7-9H,1-3,5-6H2,(H,21,23)(H,18,19,20);4-6H,1-3H3,(H,19,21)(H3,15,16,17,18). The van der Waals surface area contributed by atoms with Gasteiger partial charge in [-0.25, -0.2) is 77.4 Å². The minimum atomic E-state index is -2.82. The van der Waals surface area contributed by atoms with Gasteiger partial charge in [0, 0.05) is 68.9 Å². The smallest absolute Gasteiger partial charge is 0.276 e. The van der Waals surface area contributed by atoms with Crippen LogP contribution >= 0.6 is 34.8 Å². The first-order valence-corrected chi connectivity index (χ1v) is 49.0. The summed E-state index contributed by atoms with van der Waals surface area (Å²) in [4.78, 5) is 202. The molecule has 5 spiro atoms. The van der Waals surface area contributed by atoms with Crippen LogP contribution in [0.25, 0.3) is 0 Å². The minimum absolute atomic E-state index is 0.00452. The normalized spacial score (nSPS) is 19.0. The van der Waals surface area contributed by atoms with Crippen molar-refractivity contribution < 1.29 is 46.3 Å². The van der Waals surface area contributed by atoms with E-state index in [4.69, 9.17) is 57.7 Å². The first kappa shape index (κ1) is 104. The molecule has 1 unspecified atom stereocenters. The Morgan fingerprint density at radius 2 is 0.553 bits per heavy atom. The Morgan fingerprint density at radius 1 is 0.300 bits per heavy atom. The van der Waals surface area contributed by atoms with Crippen molar-refractivity contribution in [1.29, 1.82) is 0 Å². The van der Waals surface area contributed by atoms with Gasteiger partial charge in [0.25, 0.3) is 68.8 Å². The number of rotatable bonds is 12. The lowest BCUT2D eigenvalue weighted by Gasteiger charge is -2.39. The fourth-order valence-corrected chi connectivity index (χ4v) is 22.0. The molecule has 12 aromatic rings. The summed E-state index contributed by atoms with van der Waals surface area (Å²) in [6.07, 6.45) is 19.8. The molecule has 23 rings (SSSR count). The Labute approximate surface area is 863 Å². The highest BCUT2D eigenvalue weighted by atomic mass is 35.5. The van der Waals surface area contributed by atoms with Crippen molar-refractivity contribution in [2.24, 2.45) is 0 Å². The van der Waals surface area contributed by atoms with Gasteiger partial charge < -0.3 is 91.6 Å². The van der Waals surface area contributed by atoms with Crippen LogP contribution in [0.4, 0.5) is 110 Å². The number of anilines is 16. The third kappa shape index (κ3) is 20.2. The summed E-state index contributed by atoms with van der Waals surface area (Å²) in [5, 5.41) is 35.2. The number of aryl methyl sites for hydroxylation is 3. The number of alkyl halides is 4. The molecular formula is C96H102Cl3F4N35O12. The Hall–Kier alpha value is -16.5. The van der Waals surface area contributed by atoms with E-state index in [0.717, 1.165) is 94.7 Å². The number of fused-ring (bicyclic) bond motifs is 11. The van der Waals surface area contributed by atoms with E-state index in [1.807, 2.05) is 20.9 Å². The molecule has 11 aliphatic rings. The van der Waals surface area contributed by atoms with Crippen molar-refractivity contribution in [2.45, 2.75) is 209 Å². The summed E-state index contributed by atoms with van der Waals surface area (Å²) in [7, 11) is 1.99. The number of carbonyl (C=O) groups excluding carboxylic acids is 6. The number of piperidine rings is 1. The fourth-order valence-electron chi connectivity index (χ4n) is 21.2. The van der Waals surface area contributed by atoms with Gasteiger partial charge in [-0.2, -0.15) is 0 Å². The molecule has 54 heteroatoms. The van der Waals surface area contributed by atoms with Crippen LogP contribution in [0.2, 0.25) is 15.1 Å². The first-order chi connectivity index (χ1) is 71.3. The lowest BCUT2D eigenvalue weighted by molar-refractivity contribution is -0.0669. The molecule has 47 nitrogen and oxygen atoms in total. The summed E-state index contributed by atoms with van der Waals surface area (Å²) >= 11 is 18.8. The van der Waals surface area contributed by atoms with Crippen molar-refractivity contribution in [3.8, 4) is 0 Å². The van der Waals surface area contributed by atoms with Crippen LogP contribution in [-0.2, 0) is 34.0 Å². The van der Waals surface area contributed by atoms with Crippen LogP contribution in [0.5, 0.6) is 0 Å². The molecule has 0 radical (unpaired) electrons. The highest BCUT2D eigenvalue weighted by molar-refractivity contribution is 6.35. The van der Waals surface area contributed by atoms with Gasteiger partial charge in [-0.1, -0.05) is 47.6 Å². The highest BCUT2D eigenvalue weighted by Crippen LogP contribution is 2.48. The number of hydrogen-bond acceptors (Lipinski definition) is 35. The van der Waals surface area contributed by atoms with Crippen LogP contribution < -0.4 is 120 Å². The number of nitrogens with one attached hydrogen (secondary N) is 12. The molecule has 1 atom stereocenters. The molecule has 7 aliphatic heterocycles. The molecule has 4 aliphatic carbocycles. The lowest BCUT2D eigenvalue weighted by atomic mass is 9.86. The number of hydrogen-bond donors (Lipinski definition) is 16. The van der Waals surface area contributed by atoms with Gasteiger partial charge in [0.15, 0.2) is 0 Å². The predicted octanol–water partition coefficient (Wildman–Crippen LogP) is 10.00. The number of nitrogen functional groups attached to an aromatic ring is 4. The molecule has 20 N–H and O–H groups in total. The minimum Gasteiger partial charge on any atom is -0.384 e. The maximum absolute atomic E-state index is 13.6. The van der Waals surface area contributed by atoms with Crippen molar-refractivity contribution in [1.82, 2.24) is 124 Å². The zero-order chi connectivity index (χ0) is 107. The lowest BCUT2D eigenvalue weighted by Crippen LogP contribution is -2.57. The van der Waals surface area contributed by atoms with Gasteiger partial charge in [0.2, 0.25) is 11.8 Å². The number of nitrogens with two attached hydrogens (primary N) is 4. The largest absolute Gasteiger partial charge is 0.384 e. The molecule has 6 amide bonds. The number of amides is 6. The Balaban J connectivity index is 0.000000118. The van der Waals surface area contributed by atoms with Gasteiger partial charge in [0.1, 0.15) is 198 Å². The van der Waals surface area contributed by atoms with E-state index < -0.39 is 94.4 Å². The van der Waals surface area contributed by atoms with E-state index in [1.165, 1.54) is 88.2 Å². The van der Waals surface area contributed by atoms with E-state index in [0.29, 0.717) is 98.5 Å². The summed E-state index contributed by atoms with van der Waals surface area (Å²) in [6.45, 7) is 10.5. The second-order valence-electron chi connectivity index (χ2n) is 38.7. The third-order valence-corrected chi connectivity index (χ3v) is 28.8.